The van der Waals surface area contributed by atoms with Gasteiger partial charge in [-0.25, -0.2) is 0 Å². The molecule has 0 saturated heterocycles. The Balaban J connectivity index is 2.17. The van der Waals surface area contributed by atoms with E-state index in [0.717, 1.165) is 18.1 Å². The number of halogens is 3. The largest absolute Gasteiger partial charge is 0.418 e. The number of aryl methyl sites for hydroxylation is 1. The van der Waals surface area contributed by atoms with E-state index in [4.69, 9.17) is 0 Å². The van der Waals surface area contributed by atoms with Gasteiger partial charge in [-0.05, 0) is 37.1 Å². The fourth-order valence-electron chi connectivity index (χ4n) is 2.59. The lowest BCUT2D eigenvalue weighted by atomic mass is 10.1. The van der Waals surface area contributed by atoms with Crippen LogP contribution < -0.4 is 10.6 Å². The molecule has 0 fully saturated rings. The molecule has 2 aromatic rings. The van der Waals surface area contributed by atoms with E-state index in [0.29, 0.717) is 5.69 Å². The number of fused-ring (bicyclic) bond motifs is 1. The number of alkyl halides is 3. The van der Waals surface area contributed by atoms with E-state index in [9.17, 15) is 18.0 Å². The van der Waals surface area contributed by atoms with Crippen LogP contribution in [0.5, 0.6) is 0 Å². The third kappa shape index (κ3) is 2.78. The second-order valence-electron chi connectivity index (χ2n) is 5.55. The summed E-state index contributed by atoms with van der Waals surface area (Å²) in [6.45, 7) is 3.59. The molecular weight excluding hydrogens is 307 g/mol. The Hall–Kier alpha value is -2.44. The van der Waals surface area contributed by atoms with Crippen LogP contribution in [0.4, 0.5) is 24.5 Å². The van der Waals surface area contributed by atoms with E-state index in [1.54, 1.807) is 25.4 Å². The average molecular weight is 323 g/mol. The summed E-state index contributed by atoms with van der Waals surface area (Å²) in [4.78, 5) is 11.7. The quantitative estimate of drug-likeness (QED) is 0.883. The Morgan fingerprint density at radius 1 is 1.26 bits per heavy atom. The highest BCUT2D eigenvalue weighted by Gasteiger charge is 2.36. The first-order valence-corrected chi connectivity index (χ1v) is 7.29. The fourth-order valence-corrected chi connectivity index (χ4v) is 2.59. The highest BCUT2D eigenvalue weighted by atomic mass is 19.4. The number of nitrogens with zero attached hydrogens (tertiary/aromatic N) is 1. The van der Waals surface area contributed by atoms with Gasteiger partial charge in [0, 0.05) is 12.4 Å². The molecule has 1 aliphatic rings. The Bertz CT molecular complexity index is 764. The lowest BCUT2D eigenvalue weighted by Crippen LogP contribution is -2.36. The van der Waals surface area contributed by atoms with Crippen LogP contribution in [0.1, 0.15) is 25.0 Å². The molecule has 7 heteroatoms. The molecule has 0 saturated carbocycles. The SMILES string of the molecule is CCc1ccn(-c2cc3c(cc2C(F)(F)F)NC(=O)C(C)N3)c1. The van der Waals surface area contributed by atoms with Gasteiger partial charge in [0.2, 0.25) is 5.91 Å². The van der Waals surface area contributed by atoms with Gasteiger partial charge in [-0.1, -0.05) is 6.92 Å². The van der Waals surface area contributed by atoms with Crippen molar-refractivity contribution in [1.29, 1.82) is 0 Å². The van der Waals surface area contributed by atoms with E-state index in [-0.39, 0.29) is 17.3 Å². The minimum absolute atomic E-state index is 0.0341. The molecule has 1 unspecified atom stereocenters. The highest BCUT2D eigenvalue weighted by Crippen LogP contribution is 2.40. The molecule has 2 N–H and O–H groups in total. The molecule has 1 aromatic heterocycles. The number of hydrogen-bond donors (Lipinski definition) is 2. The van der Waals surface area contributed by atoms with E-state index in [1.165, 1.54) is 10.6 Å². The van der Waals surface area contributed by atoms with Gasteiger partial charge in [0.05, 0.1) is 22.6 Å². The lowest BCUT2D eigenvalue weighted by molar-refractivity contribution is -0.137. The van der Waals surface area contributed by atoms with Crippen LogP contribution in [0.25, 0.3) is 5.69 Å². The molecule has 1 amide bonds. The van der Waals surface area contributed by atoms with Crippen molar-refractivity contribution >= 4 is 17.3 Å². The molecule has 23 heavy (non-hydrogen) atoms. The molecule has 3 rings (SSSR count). The zero-order valence-electron chi connectivity index (χ0n) is 12.7. The zero-order chi connectivity index (χ0) is 16.8. The van der Waals surface area contributed by atoms with Gasteiger partial charge < -0.3 is 15.2 Å². The number of carbonyl (C=O) groups is 1. The van der Waals surface area contributed by atoms with Crippen molar-refractivity contribution in [2.75, 3.05) is 10.6 Å². The second-order valence-corrected chi connectivity index (χ2v) is 5.55. The van der Waals surface area contributed by atoms with Gasteiger partial charge in [-0.2, -0.15) is 13.2 Å². The first kappa shape index (κ1) is 15.5. The molecule has 0 radical (unpaired) electrons. The van der Waals surface area contributed by atoms with Crippen LogP contribution >= 0.6 is 0 Å². The summed E-state index contributed by atoms with van der Waals surface area (Å²) in [7, 11) is 0. The molecule has 0 aliphatic carbocycles. The maximum atomic E-state index is 13.4. The summed E-state index contributed by atoms with van der Waals surface area (Å²) in [5, 5.41) is 5.43. The molecular formula is C16H16F3N3O. The van der Waals surface area contributed by atoms with Crippen molar-refractivity contribution in [3.05, 3.63) is 41.7 Å². The number of amides is 1. The highest BCUT2D eigenvalue weighted by molar-refractivity contribution is 6.03. The first-order chi connectivity index (χ1) is 10.8. The van der Waals surface area contributed by atoms with Crippen molar-refractivity contribution in [1.82, 2.24) is 4.57 Å². The van der Waals surface area contributed by atoms with E-state index >= 15 is 0 Å². The van der Waals surface area contributed by atoms with Gasteiger partial charge in [-0.15, -0.1) is 0 Å². The summed E-state index contributed by atoms with van der Waals surface area (Å²) >= 11 is 0. The summed E-state index contributed by atoms with van der Waals surface area (Å²) in [5.74, 6) is -0.354. The van der Waals surface area contributed by atoms with Crippen molar-refractivity contribution in [2.24, 2.45) is 0 Å². The minimum Gasteiger partial charge on any atom is -0.372 e. The van der Waals surface area contributed by atoms with Crippen molar-refractivity contribution < 1.29 is 18.0 Å². The predicted molar refractivity (Wildman–Crippen MR) is 81.9 cm³/mol. The number of anilines is 2. The summed E-state index contributed by atoms with van der Waals surface area (Å²) in [6.07, 6.45) is -0.484. The third-order valence-corrected chi connectivity index (χ3v) is 3.90. The van der Waals surface area contributed by atoms with Gasteiger partial charge in [0.1, 0.15) is 6.04 Å². The van der Waals surface area contributed by atoms with E-state index in [2.05, 4.69) is 10.6 Å². The van der Waals surface area contributed by atoms with Crippen LogP contribution in [0, 0.1) is 0 Å². The van der Waals surface area contributed by atoms with Crippen LogP contribution in [0.15, 0.2) is 30.6 Å². The number of carbonyl (C=O) groups excluding carboxylic acids is 1. The first-order valence-electron chi connectivity index (χ1n) is 7.29. The number of nitrogens with one attached hydrogen (secondary N) is 2. The van der Waals surface area contributed by atoms with Gasteiger partial charge in [0.25, 0.3) is 0 Å². The zero-order valence-corrected chi connectivity index (χ0v) is 12.7. The summed E-state index contributed by atoms with van der Waals surface area (Å²) in [6, 6.07) is 3.70. The van der Waals surface area contributed by atoms with Crippen molar-refractivity contribution in [3.63, 3.8) is 0 Å². The van der Waals surface area contributed by atoms with Gasteiger partial charge in [0.15, 0.2) is 0 Å². The number of hydrogen-bond acceptors (Lipinski definition) is 2. The number of benzene rings is 1. The van der Waals surface area contributed by atoms with Crippen LogP contribution in [-0.2, 0) is 17.4 Å². The van der Waals surface area contributed by atoms with Crippen LogP contribution in [0.2, 0.25) is 0 Å². The summed E-state index contributed by atoms with van der Waals surface area (Å²) < 4.78 is 41.7. The monoisotopic (exact) mass is 323 g/mol. The predicted octanol–water partition coefficient (Wildman–Crippen LogP) is 3.81. The standard InChI is InChI=1S/C16H16F3N3O/c1-3-10-4-5-22(8-10)14-7-13-12(6-11(14)16(17,18)19)21-15(23)9(2)20-13/h4-9,20H,3H2,1-2H3,(H,21,23). The average Bonchev–Trinajstić information content (AvgIpc) is 2.95. The topological polar surface area (TPSA) is 46.1 Å². The second kappa shape index (κ2) is 5.33. The van der Waals surface area contributed by atoms with E-state index < -0.39 is 17.8 Å². The molecule has 2 heterocycles. The summed E-state index contributed by atoms with van der Waals surface area (Å²) in [5.41, 5.74) is 0.822. The lowest BCUT2D eigenvalue weighted by Gasteiger charge is -2.26. The maximum Gasteiger partial charge on any atom is 0.418 e. The molecule has 122 valence electrons. The van der Waals surface area contributed by atoms with Crippen LogP contribution in [0.3, 0.4) is 0 Å². The fraction of sp³-hybridized carbons (Fsp3) is 0.312. The number of rotatable bonds is 2. The smallest absolute Gasteiger partial charge is 0.372 e. The van der Waals surface area contributed by atoms with Gasteiger partial charge >= 0.3 is 6.18 Å². The molecule has 0 bridgehead atoms. The van der Waals surface area contributed by atoms with E-state index in [1.807, 2.05) is 6.92 Å². The number of aromatic nitrogens is 1. The third-order valence-electron chi connectivity index (χ3n) is 3.90. The Labute approximate surface area is 131 Å². The van der Waals surface area contributed by atoms with Crippen molar-refractivity contribution in [3.8, 4) is 5.69 Å². The maximum absolute atomic E-state index is 13.4. The molecule has 1 atom stereocenters. The van der Waals surface area contributed by atoms with Crippen LogP contribution in [-0.4, -0.2) is 16.5 Å². The molecule has 1 aromatic carbocycles. The Morgan fingerprint density at radius 2 is 2.00 bits per heavy atom. The molecule has 4 nitrogen and oxygen atoms in total. The molecule has 0 spiro atoms. The Kier molecular flexibility index (Phi) is 3.58. The normalized spacial score (nSPS) is 17.4. The van der Waals surface area contributed by atoms with Crippen molar-refractivity contribution in [2.45, 2.75) is 32.5 Å². The van der Waals surface area contributed by atoms with Gasteiger partial charge in [-0.3, -0.25) is 4.79 Å². The minimum atomic E-state index is -4.52. The molecule has 1 aliphatic heterocycles. The Morgan fingerprint density at radius 3 is 2.61 bits per heavy atom.